The number of hydrogen-bond acceptors (Lipinski definition) is 2. The Morgan fingerprint density at radius 3 is 2.48 bits per heavy atom. The number of β-amino-alcohol motifs (C(OH)–C–C–N with tert-alkyl or cyclic N) is 1. The summed E-state index contributed by atoms with van der Waals surface area (Å²) in [6, 6.07) is 23.2. The summed E-state index contributed by atoms with van der Waals surface area (Å²) in [4.78, 5) is 1.64. The van der Waals surface area contributed by atoms with Crippen LogP contribution in [0.1, 0.15) is 22.3 Å². The number of benzene rings is 3. The highest BCUT2D eigenvalue weighted by molar-refractivity contribution is 6.30. The molecule has 0 aliphatic carbocycles. The van der Waals surface area contributed by atoms with Crippen molar-refractivity contribution in [3.05, 3.63) is 100 Å². The first kappa shape index (κ1) is 21.7. The number of aliphatic hydroxyl groups is 1. The van der Waals surface area contributed by atoms with Gasteiger partial charge in [0.15, 0.2) is 6.10 Å². The Morgan fingerprint density at radius 1 is 1.03 bits per heavy atom. The Labute approximate surface area is 184 Å². The van der Waals surface area contributed by atoms with Gasteiger partial charge >= 0.3 is 6.18 Å². The molecule has 0 aromatic heterocycles. The van der Waals surface area contributed by atoms with Crippen LogP contribution in [0.3, 0.4) is 0 Å². The maximum Gasteiger partial charge on any atom is 0.416 e. The molecule has 0 fully saturated rings. The predicted molar refractivity (Wildman–Crippen MR) is 118 cm³/mol. The van der Waals surface area contributed by atoms with E-state index in [1.165, 1.54) is 0 Å². The van der Waals surface area contributed by atoms with Gasteiger partial charge in [-0.05, 0) is 48.2 Å². The number of anilines is 1. The quantitative estimate of drug-likeness (QED) is 0.527. The van der Waals surface area contributed by atoms with Crippen LogP contribution in [-0.2, 0) is 11.8 Å². The average molecular weight is 446 g/mol. The SMILES string of the molecule is Cc1cccc(CC2(c3cccc(Cl)c3)CN(C[C@@H](O)C(F)(F)F)c3ccccc32)c1. The van der Waals surface area contributed by atoms with Crippen molar-refractivity contribution < 1.29 is 18.3 Å². The first-order chi connectivity index (χ1) is 14.7. The van der Waals surface area contributed by atoms with Gasteiger partial charge in [-0.1, -0.05) is 71.8 Å². The second-order valence-electron chi connectivity index (χ2n) is 8.21. The smallest absolute Gasteiger partial charge is 0.382 e. The van der Waals surface area contributed by atoms with E-state index in [9.17, 15) is 18.3 Å². The van der Waals surface area contributed by atoms with Crippen LogP contribution in [0.5, 0.6) is 0 Å². The minimum atomic E-state index is -4.67. The number of aryl methyl sites for hydroxylation is 1. The van der Waals surface area contributed by atoms with Gasteiger partial charge < -0.3 is 10.0 Å². The molecule has 1 unspecified atom stereocenters. The van der Waals surface area contributed by atoms with Gasteiger partial charge in [-0.2, -0.15) is 13.2 Å². The third-order valence-electron chi connectivity index (χ3n) is 5.96. The van der Waals surface area contributed by atoms with Crippen molar-refractivity contribution in [3.63, 3.8) is 0 Å². The first-order valence-electron chi connectivity index (χ1n) is 10.1. The van der Waals surface area contributed by atoms with Crippen LogP contribution in [0.25, 0.3) is 0 Å². The topological polar surface area (TPSA) is 23.5 Å². The van der Waals surface area contributed by atoms with E-state index in [1.807, 2.05) is 67.6 Å². The Hall–Kier alpha value is -2.50. The van der Waals surface area contributed by atoms with Gasteiger partial charge in [0.1, 0.15) is 0 Å². The van der Waals surface area contributed by atoms with Crippen molar-refractivity contribution in [1.29, 1.82) is 0 Å². The molecule has 3 aromatic rings. The predicted octanol–water partition coefficient (Wildman–Crippen LogP) is 5.92. The van der Waals surface area contributed by atoms with Gasteiger partial charge in [0, 0.05) is 22.7 Å². The Kier molecular flexibility index (Phi) is 5.75. The van der Waals surface area contributed by atoms with Gasteiger partial charge in [-0.25, -0.2) is 0 Å². The highest BCUT2D eigenvalue weighted by Crippen LogP contribution is 2.48. The third kappa shape index (κ3) is 4.30. The maximum atomic E-state index is 13.1. The third-order valence-corrected chi connectivity index (χ3v) is 6.19. The number of halogens is 4. The number of hydrogen-bond donors (Lipinski definition) is 1. The van der Waals surface area contributed by atoms with E-state index in [4.69, 9.17) is 11.6 Å². The molecule has 0 spiro atoms. The van der Waals surface area contributed by atoms with E-state index in [0.29, 0.717) is 23.7 Å². The molecule has 31 heavy (non-hydrogen) atoms. The van der Waals surface area contributed by atoms with Crippen LogP contribution in [0, 0.1) is 6.92 Å². The van der Waals surface area contributed by atoms with E-state index in [0.717, 1.165) is 22.3 Å². The Bertz CT molecular complexity index is 1080. The molecule has 1 N–H and O–H groups in total. The highest BCUT2D eigenvalue weighted by atomic mass is 35.5. The lowest BCUT2D eigenvalue weighted by atomic mass is 9.71. The van der Waals surface area contributed by atoms with Crippen molar-refractivity contribution in [2.75, 3.05) is 18.0 Å². The van der Waals surface area contributed by atoms with Crippen molar-refractivity contribution >= 4 is 17.3 Å². The lowest BCUT2D eigenvalue weighted by Crippen LogP contribution is -2.43. The van der Waals surface area contributed by atoms with Gasteiger partial charge in [-0.3, -0.25) is 0 Å². The molecule has 1 aliphatic heterocycles. The van der Waals surface area contributed by atoms with Gasteiger partial charge in [0.25, 0.3) is 0 Å². The normalized spacial score (nSPS) is 19.4. The van der Waals surface area contributed by atoms with Gasteiger partial charge in [-0.15, -0.1) is 0 Å². The molecule has 0 saturated carbocycles. The molecule has 0 saturated heterocycles. The molecule has 4 rings (SSSR count). The summed E-state index contributed by atoms with van der Waals surface area (Å²) in [7, 11) is 0. The van der Waals surface area contributed by atoms with Crippen LogP contribution in [0.4, 0.5) is 18.9 Å². The first-order valence-corrected chi connectivity index (χ1v) is 10.5. The number of fused-ring (bicyclic) bond motifs is 1. The molecule has 2 nitrogen and oxygen atoms in total. The summed E-state index contributed by atoms with van der Waals surface area (Å²) in [5, 5.41) is 10.4. The molecule has 1 aliphatic rings. The van der Waals surface area contributed by atoms with Crippen molar-refractivity contribution in [1.82, 2.24) is 0 Å². The van der Waals surface area contributed by atoms with Crippen LogP contribution in [0.15, 0.2) is 72.8 Å². The zero-order valence-electron chi connectivity index (χ0n) is 17.0. The van der Waals surface area contributed by atoms with E-state index in [-0.39, 0.29) is 0 Å². The summed E-state index contributed by atoms with van der Waals surface area (Å²) in [6.45, 7) is 1.81. The molecular formula is C25H23ClF3NO. The average Bonchev–Trinajstić information content (AvgIpc) is 3.02. The van der Waals surface area contributed by atoms with Crippen LogP contribution < -0.4 is 4.90 Å². The zero-order valence-corrected chi connectivity index (χ0v) is 17.8. The molecule has 0 radical (unpaired) electrons. The summed E-state index contributed by atoms with van der Waals surface area (Å²) >= 11 is 6.32. The second-order valence-corrected chi connectivity index (χ2v) is 8.65. The molecule has 0 amide bonds. The molecule has 0 bridgehead atoms. The fourth-order valence-electron chi connectivity index (χ4n) is 4.58. The molecule has 6 heteroatoms. The molecule has 3 aromatic carbocycles. The van der Waals surface area contributed by atoms with Crippen molar-refractivity contribution in [2.24, 2.45) is 0 Å². The fourth-order valence-corrected chi connectivity index (χ4v) is 4.77. The van der Waals surface area contributed by atoms with Crippen molar-refractivity contribution in [3.8, 4) is 0 Å². The largest absolute Gasteiger partial charge is 0.416 e. The van der Waals surface area contributed by atoms with Gasteiger partial charge in [0.2, 0.25) is 0 Å². The molecule has 1 heterocycles. The minimum absolute atomic E-state index is 0.313. The Morgan fingerprint density at radius 2 is 1.77 bits per heavy atom. The van der Waals surface area contributed by atoms with Crippen LogP contribution in [0.2, 0.25) is 5.02 Å². The molecule has 162 valence electrons. The standard InChI is InChI=1S/C25H23ClF3NO/c1-17-6-4-7-18(12-17)14-24(19-8-5-9-20(26)13-19)16-30(15-23(31)25(27,28)29)22-11-3-2-10-21(22)24/h2-13,23,31H,14-16H2,1H3/t23-,24?/m1/s1. The number of nitrogens with zero attached hydrogens (tertiary/aromatic N) is 1. The monoisotopic (exact) mass is 445 g/mol. The van der Waals surface area contributed by atoms with E-state index in [1.54, 1.807) is 11.0 Å². The number of aliphatic hydroxyl groups excluding tert-OH is 1. The number of para-hydroxylation sites is 1. The van der Waals surface area contributed by atoms with Crippen molar-refractivity contribution in [2.45, 2.75) is 31.0 Å². The summed E-state index contributed by atoms with van der Waals surface area (Å²) in [5.41, 5.74) is 4.20. The summed E-state index contributed by atoms with van der Waals surface area (Å²) < 4.78 is 39.4. The molecular weight excluding hydrogens is 423 g/mol. The summed E-state index contributed by atoms with van der Waals surface area (Å²) in [5.74, 6) is 0. The zero-order chi connectivity index (χ0) is 22.2. The second kappa shape index (κ2) is 8.21. The Balaban J connectivity index is 1.84. The fraction of sp³-hybridized carbons (Fsp3) is 0.280. The van der Waals surface area contributed by atoms with E-state index in [2.05, 4.69) is 6.07 Å². The van der Waals surface area contributed by atoms with Crippen LogP contribution in [-0.4, -0.2) is 30.5 Å². The maximum absolute atomic E-state index is 13.1. The van der Waals surface area contributed by atoms with Crippen LogP contribution >= 0.6 is 11.6 Å². The number of alkyl halides is 3. The lowest BCUT2D eigenvalue weighted by Gasteiger charge is -2.33. The van der Waals surface area contributed by atoms with E-state index >= 15 is 0 Å². The highest BCUT2D eigenvalue weighted by Gasteiger charge is 2.47. The van der Waals surface area contributed by atoms with Gasteiger partial charge in [0.05, 0.1) is 6.54 Å². The van der Waals surface area contributed by atoms with E-state index < -0.39 is 24.2 Å². The lowest BCUT2D eigenvalue weighted by molar-refractivity contribution is -0.200. The summed E-state index contributed by atoms with van der Waals surface area (Å²) in [6.07, 6.45) is -6.49. The minimum Gasteiger partial charge on any atom is -0.382 e. The number of rotatable bonds is 5. The molecule has 2 atom stereocenters.